The Morgan fingerprint density at radius 1 is 1.09 bits per heavy atom. The first-order chi connectivity index (χ1) is 11.2. The minimum atomic E-state index is -0.707. The fourth-order valence-electron chi connectivity index (χ4n) is 1.98. The molecule has 1 heterocycles. The van der Waals surface area contributed by atoms with Crippen molar-refractivity contribution in [2.45, 2.75) is 13.0 Å². The first-order valence-corrected chi connectivity index (χ1v) is 7.22. The predicted molar refractivity (Wildman–Crippen MR) is 86.5 cm³/mol. The van der Waals surface area contributed by atoms with E-state index in [-0.39, 0.29) is 11.9 Å². The van der Waals surface area contributed by atoms with Gasteiger partial charge in [-0.05, 0) is 31.2 Å². The van der Waals surface area contributed by atoms with Gasteiger partial charge >= 0.3 is 6.01 Å². The van der Waals surface area contributed by atoms with Crippen LogP contribution in [0.1, 0.15) is 6.92 Å². The Morgan fingerprint density at radius 2 is 1.74 bits per heavy atom. The molecule has 0 aliphatic rings. The molecular formula is C17H16N4O2. The van der Waals surface area contributed by atoms with Gasteiger partial charge in [0.1, 0.15) is 6.33 Å². The van der Waals surface area contributed by atoms with Crippen molar-refractivity contribution in [1.82, 2.24) is 14.8 Å². The van der Waals surface area contributed by atoms with E-state index >= 15 is 0 Å². The molecule has 1 atom stereocenters. The zero-order valence-electron chi connectivity index (χ0n) is 12.6. The van der Waals surface area contributed by atoms with E-state index in [1.807, 2.05) is 60.7 Å². The van der Waals surface area contributed by atoms with Crippen LogP contribution in [-0.2, 0) is 4.79 Å². The summed E-state index contributed by atoms with van der Waals surface area (Å²) in [6.07, 6.45) is 0.841. The van der Waals surface area contributed by atoms with Gasteiger partial charge in [-0.3, -0.25) is 4.79 Å². The first kappa shape index (κ1) is 14.8. The highest BCUT2D eigenvalue weighted by molar-refractivity contribution is 5.94. The predicted octanol–water partition coefficient (Wildman–Crippen LogP) is 2.67. The van der Waals surface area contributed by atoms with E-state index in [1.54, 1.807) is 17.9 Å². The molecule has 3 aromatic rings. The van der Waals surface area contributed by atoms with Crippen molar-refractivity contribution in [1.29, 1.82) is 0 Å². The fourth-order valence-corrected chi connectivity index (χ4v) is 1.98. The third-order valence-electron chi connectivity index (χ3n) is 3.18. The van der Waals surface area contributed by atoms with Gasteiger partial charge in [0.2, 0.25) is 0 Å². The Labute approximate surface area is 133 Å². The van der Waals surface area contributed by atoms with Crippen LogP contribution in [0.5, 0.6) is 6.01 Å². The van der Waals surface area contributed by atoms with Crippen LogP contribution in [-0.4, -0.2) is 26.8 Å². The van der Waals surface area contributed by atoms with Crippen LogP contribution in [0.4, 0.5) is 5.69 Å². The molecule has 1 amide bonds. The summed E-state index contributed by atoms with van der Waals surface area (Å²) >= 11 is 0. The van der Waals surface area contributed by atoms with E-state index in [1.165, 1.54) is 0 Å². The summed E-state index contributed by atoms with van der Waals surface area (Å²) in [6.45, 7) is 1.65. The Kier molecular flexibility index (Phi) is 4.33. The summed E-state index contributed by atoms with van der Waals surface area (Å²) in [5.74, 6) is -0.257. The molecule has 0 saturated carbocycles. The number of hydrogen-bond donors (Lipinski definition) is 1. The number of nitrogens with zero attached hydrogens (tertiary/aromatic N) is 3. The van der Waals surface area contributed by atoms with Crippen molar-refractivity contribution < 1.29 is 9.53 Å². The number of benzene rings is 2. The second-order valence-corrected chi connectivity index (χ2v) is 4.92. The van der Waals surface area contributed by atoms with Crippen LogP contribution in [0.2, 0.25) is 0 Å². The first-order valence-electron chi connectivity index (χ1n) is 7.22. The Bertz CT molecular complexity index is 772. The molecule has 0 aliphatic carbocycles. The van der Waals surface area contributed by atoms with E-state index in [0.29, 0.717) is 0 Å². The molecule has 1 aromatic heterocycles. The minimum absolute atomic E-state index is 0.157. The Hall–Kier alpha value is -3.15. The number of rotatable bonds is 5. The minimum Gasteiger partial charge on any atom is -0.449 e. The number of hydrogen-bond acceptors (Lipinski definition) is 4. The maximum Gasteiger partial charge on any atom is 0.336 e. The van der Waals surface area contributed by atoms with Gasteiger partial charge in [-0.1, -0.05) is 36.4 Å². The Morgan fingerprint density at radius 3 is 2.43 bits per heavy atom. The van der Waals surface area contributed by atoms with Crippen LogP contribution in [0, 0.1) is 0 Å². The van der Waals surface area contributed by atoms with Crippen LogP contribution >= 0.6 is 0 Å². The fraction of sp³-hybridized carbons (Fsp3) is 0.118. The number of amides is 1. The van der Waals surface area contributed by atoms with Crippen LogP contribution in [0.3, 0.4) is 0 Å². The third kappa shape index (κ3) is 3.74. The van der Waals surface area contributed by atoms with Gasteiger partial charge in [-0.2, -0.15) is 4.98 Å². The zero-order valence-corrected chi connectivity index (χ0v) is 12.6. The van der Waals surface area contributed by atoms with E-state index in [9.17, 15) is 4.79 Å². The lowest BCUT2D eigenvalue weighted by Gasteiger charge is -2.11. The number of para-hydroxylation sites is 2. The lowest BCUT2D eigenvalue weighted by atomic mass is 10.3. The van der Waals surface area contributed by atoms with Crippen molar-refractivity contribution >= 4 is 11.6 Å². The zero-order chi connectivity index (χ0) is 16.1. The van der Waals surface area contributed by atoms with Crippen molar-refractivity contribution in [3.05, 3.63) is 67.0 Å². The average molecular weight is 308 g/mol. The SMILES string of the molecule is CC(Oc1ncn(-c2ccccc2)n1)C(=O)Nc1ccccc1. The Balaban J connectivity index is 1.63. The largest absolute Gasteiger partial charge is 0.449 e. The van der Waals surface area contributed by atoms with Gasteiger partial charge in [0.05, 0.1) is 5.69 Å². The smallest absolute Gasteiger partial charge is 0.336 e. The standard InChI is InChI=1S/C17H16N4O2/c1-13(16(22)19-14-8-4-2-5-9-14)23-17-18-12-21(20-17)15-10-6-3-7-11-15/h2-13H,1H3,(H,19,22). The second-order valence-electron chi connectivity index (χ2n) is 4.92. The molecule has 1 N–H and O–H groups in total. The molecule has 0 bridgehead atoms. The average Bonchev–Trinajstić information content (AvgIpc) is 3.05. The summed E-state index contributed by atoms with van der Waals surface area (Å²) in [4.78, 5) is 16.2. The number of aromatic nitrogens is 3. The molecule has 116 valence electrons. The van der Waals surface area contributed by atoms with E-state index in [4.69, 9.17) is 4.74 Å². The van der Waals surface area contributed by atoms with Gasteiger partial charge in [-0.25, -0.2) is 4.68 Å². The van der Waals surface area contributed by atoms with Crippen molar-refractivity contribution in [2.24, 2.45) is 0 Å². The number of ether oxygens (including phenoxy) is 1. The summed E-state index contributed by atoms with van der Waals surface area (Å²) in [7, 11) is 0. The van der Waals surface area contributed by atoms with Gasteiger partial charge in [0, 0.05) is 5.69 Å². The number of nitrogens with one attached hydrogen (secondary N) is 1. The molecule has 0 saturated heterocycles. The van der Waals surface area contributed by atoms with Crippen LogP contribution < -0.4 is 10.1 Å². The summed E-state index contributed by atoms with van der Waals surface area (Å²) in [5.41, 5.74) is 1.59. The van der Waals surface area contributed by atoms with Gasteiger partial charge in [0.25, 0.3) is 5.91 Å². The number of carbonyl (C=O) groups is 1. The highest BCUT2D eigenvalue weighted by atomic mass is 16.5. The van der Waals surface area contributed by atoms with E-state index < -0.39 is 6.10 Å². The van der Waals surface area contributed by atoms with Crippen molar-refractivity contribution in [2.75, 3.05) is 5.32 Å². The second kappa shape index (κ2) is 6.74. The third-order valence-corrected chi connectivity index (χ3v) is 3.18. The van der Waals surface area contributed by atoms with Crippen LogP contribution in [0.25, 0.3) is 5.69 Å². The molecule has 6 nitrogen and oxygen atoms in total. The normalized spacial score (nSPS) is 11.7. The summed E-state index contributed by atoms with van der Waals surface area (Å²) in [5, 5.41) is 6.99. The molecule has 3 rings (SSSR count). The maximum atomic E-state index is 12.1. The molecule has 0 fully saturated rings. The molecule has 2 aromatic carbocycles. The van der Waals surface area contributed by atoms with Gasteiger partial charge in [-0.15, -0.1) is 5.10 Å². The topological polar surface area (TPSA) is 69.0 Å². The van der Waals surface area contributed by atoms with Gasteiger partial charge in [0.15, 0.2) is 6.10 Å². The number of carbonyl (C=O) groups excluding carboxylic acids is 1. The molecule has 1 unspecified atom stereocenters. The molecule has 0 radical (unpaired) electrons. The molecule has 0 spiro atoms. The maximum absolute atomic E-state index is 12.1. The van der Waals surface area contributed by atoms with E-state index in [0.717, 1.165) is 11.4 Å². The number of anilines is 1. The summed E-state index contributed by atoms with van der Waals surface area (Å²) < 4.78 is 7.09. The monoisotopic (exact) mass is 308 g/mol. The lowest BCUT2D eigenvalue weighted by Crippen LogP contribution is -2.30. The summed E-state index contributed by atoms with van der Waals surface area (Å²) in [6, 6.07) is 18.9. The lowest BCUT2D eigenvalue weighted by molar-refractivity contribution is -0.122. The molecular weight excluding hydrogens is 292 g/mol. The van der Waals surface area contributed by atoms with Gasteiger partial charge < -0.3 is 10.1 Å². The van der Waals surface area contributed by atoms with E-state index in [2.05, 4.69) is 15.4 Å². The van der Waals surface area contributed by atoms with Crippen molar-refractivity contribution in [3.63, 3.8) is 0 Å². The molecule has 23 heavy (non-hydrogen) atoms. The quantitative estimate of drug-likeness (QED) is 0.787. The van der Waals surface area contributed by atoms with Crippen molar-refractivity contribution in [3.8, 4) is 11.7 Å². The highest BCUT2D eigenvalue weighted by Gasteiger charge is 2.17. The molecule has 0 aliphatic heterocycles. The molecule has 6 heteroatoms. The highest BCUT2D eigenvalue weighted by Crippen LogP contribution is 2.11. The van der Waals surface area contributed by atoms with Crippen LogP contribution in [0.15, 0.2) is 67.0 Å².